The lowest BCUT2D eigenvalue weighted by atomic mass is 9.80. The summed E-state index contributed by atoms with van der Waals surface area (Å²) in [5.74, 6) is 0.909. The molecule has 0 aromatic heterocycles. The SMILES string of the molecule is CC(C)(C)C(N)CC1CCCCCC1. The van der Waals surface area contributed by atoms with Gasteiger partial charge < -0.3 is 5.73 Å². The molecule has 0 aliphatic heterocycles. The van der Waals surface area contributed by atoms with E-state index in [-0.39, 0.29) is 5.41 Å². The summed E-state index contributed by atoms with van der Waals surface area (Å²) in [6, 6.07) is 0.380. The predicted molar refractivity (Wildman–Crippen MR) is 63.2 cm³/mol. The highest BCUT2D eigenvalue weighted by atomic mass is 14.7. The Morgan fingerprint density at radius 3 is 2.00 bits per heavy atom. The third-order valence-electron chi connectivity index (χ3n) is 3.67. The molecular weight excluding hydrogens is 170 g/mol. The van der Waals surface area contributed by atoms with Crippen LogP contribution in [0.2, 0.25) is 0 Å². The van der Waals surface area contributed by atoms with Gasteiger partial charge in [-0.1, -0.05) is 59.3 Å². The summed E-state index contributed by atoms with van der Waals surface area (Å²) in [6.45, 7) is 6.77. The van der Waals surface area contributed by atoms with Gasteiger partial charge in [0.1, 0.15) is 0 Å². The lowest BCUT2D eigenvalue weighted by Crippen LogP contribution is -2.36. The van der Waals surface area contributed by atoms with E-state index < -0.39 is 0 Å². The molecule has 84 valence electrons. The van der Waals surface area contributed by atoms with Gasteiger partial charge >= 0.3 is 0 Å². The second kappa shape index (κ2) is 5.16. The van der Waals surface area contributed by atoms with Crippen LogP contribution >= 0.6 is 0 Å². The van der Waals surface area contributed by atoms with Gasteiger partial charge in [-0.2, -0.15) is 0 Å². The molecular formula is C13H27N. The molecule has 1 unspecified atom stereocenters. The summed E-state index contributed by atoms with van der Waals surface area (Å²) in [4.78, 5) is 0. The summed E-state index contributed by atoms with van der Waals surface area (Å²) in [5, 5.41) is 0. The highest BCUT2D eigenvalue weighted by Crippen LogP contribution is 2.30. The maximum atomic E-state index is 6.23. The first-order valence-electron chi connectivity index (χ1n) is 6.26. The Morgan fingerprint density at radius 1 is 1.07 bits per heavy atom. The van der Waals surface area contributed by atoms with Gasteiger partial charge in [-0.3, -0.25) is 0 Å². The molecule has 2 N–H and O–H groups in total. The molecule has 0 bridgehead atoms. The van der Waals surface area contributed by atoms with Crippen molar-refractivity contribution >= 4 is 0 Å². The highest BCUT2D eigenvalue weighted by molar-refractivity contribution is 4.80. The molecule has 0 saturated heterocycles. The molecule has 14 heavy (non-hydrogen) atoms. The zero-order chi connectivity index (χ0) is 10.6. The van der Waals surface area contributed by atoms with Gasteiger partial charge in [0.25, 0.3) is 0 Å². The molecule has 1 aliphatic carbocycles. The van der Waals surface area contributed by atoms with Gasteiger partial charge in [0.15, 0.2) is 0 Å². The quantitative estimate of drug-likeness (QED) is 0.671. The molecule has 1 fully saturated rings. The van der Waals surface area contributed by atoms with Crippen molar-refractivity contribution < 1.29 is 0 Å². The van der Waals surface area contributed by atoms with E-state index in [9.17, 15) is 0 Å². The maximum absolute atomic E-state index is 6.23. The lowest BCUT2D eigenvalue weighted by molar-refractivity contribution is 0.257. The van der Waals surface area contributed by atoms with Gasteiger partial charge in [0.2, 0.25) is 0 Å². The minimum Gasteiger partial charge on any atom is -0.327 e. The molecule has 1 heteroatoms. The molecule has 0 amide bonds. The van der Waals surface area contributed by atoms with E-state index in [2.05, 4.69) is 20.8 Å². The van der Waals surface area contributed by atoms with Crippen molar-refractivity contribution in [2.75, 3.05) is 0 Å². The molecule has 0 aromatic rings. The first-order valence-corrected chi connectivity index (χ1v) is 6.26. The van der Waals surface area contributed by atoms with E-state index in [4.69, 9.17) is 5.73 Å². The largest absolute Gasteiger partial charge is 0.327 e. The molecule has 1 rings (SSSR count). The standard InChI is InChI=1S/C13H27N/c1-13(2,3)12(14)10-11-8-6-4-5-7-9-11/h11-12H,4-10,14H2,1-3H3. The molecule has 0 heterocycles. The third-order valence-corrected chi connectivity index (χ3v) is 3.67. The van der Waals surface area contributed by atoms with Crippen LogP contribution in [0.4, 0.5) is 0 Å². The van der Waals surface area contributed by atoms with E-state index in [1.54, 1.807) is 0 Å². The van der Waals surface area contributed by atoms with Gasteiger partial charge in [-0.25, -0.2) is 0 Å². The Balaban J connectivity index is 2.34. The number of hydrogen-bond donors (Lipinski definition) is 1. The van der Waals surface area contributed by atoms with Crippen LogP contribution in [-0.2, 0) is 0 Å². The fraction of sp³-hybridized carbons (Fsp3) is 1.00. The molecule has 1 saturated carbocycles. The zero-order valence-corrected chi connectivity index (χ0v) is 10.2. The summed E-state index contributed by atoms with van der Waals surface area (Å²) < 4.78 is 0. The Bertz CT molecular complexity index is 149. The molecule has 0 radical (unpaired) electrons. The van der Waals surface area contributed by atoms with Gasteiger partial charge in [0, 0.05) is 6.04 Å². The van der Waals surface area contributed by atoms with E-state index in [1.807, 2.05) is 0 Å². The molecule has 0 spiro atoms. The van der Waals surface area contributed by atoms with Crippen LogP contribution in [0.25, 0.3) is 0 Å². The average molecular weight is 197 g/mol. The van der Waals surface area contributed by atoms with Crippen LogP contribution in [0, 0.1) is 11.3 Å². The first kappa shape index (κ1) is 12.0. The fourth-order valence-electron chi connectivity index (χ4n) is 2.31. The van der Waals surface area contributed by atoms with Crippen LogP contribution in [-0.4, -0.2) is 6.04 Å². The Kier molecular flexibility index (Phi) is 4.43. The molecule has 1 aliphatic rings. The van der Waals surface area contributed by atoms with Crippen LogP contribution in [0.15, 0.2) is 0 Å². The van der Waals surface area contributed by atoms with Crippen molar-refractivity contribution in [2.24, 2.45) is 17.1 Å². The number of rotatable bonds is 2. The van der Waals surface area contributed by atoms with Crippen molar-refractivity contribution in [3.8, 4) is 0 Å². The van der Waals surface area contributed by atoms with E-state index in [0.29, 0.717) is 6.04 Å². The predicted octanol–water partition coefficient (Wildman–Crippen LogP) is 3.72. The van der Waals surface area contributed by atoms with E-state index in [1.165, 1.54) is 44.9 Å². The Morgan fingerprint density at radius 2 is 1.57 bits per heavy atom. The third kappa shape index (κ3) is 4.00. The minimum absolute atomic E-state index is 0.284. The van der Waals surface area contributed by atoms with E-state index >= 15 is 0 Å². The first-order chi connectivity index (χ1) is 6.50. The minimum atomic E-state index is 0.284. The smallest absolute Gasteiger partial charge is 0.00902 e. The number of hydrogen-bond acceptors (Lipinski definition) is 1. The van der Waals surface area contributed by atoms with Crippen molar-refractivity contribution in [3.05, 3.63) is 0 Å². The zero-order valence-electron chi connectivity index (χ0n) is 10.2. The molecule has 1 atom stereocenters. The fourth-order valence-corrected chi connectivity index (χ4v) is 2.31. The van der Waals surface area contributed by atoms with Crippen molar-refractivity contribution in [2.45, 2.75) is 71.8 Å². The average Bonchev–Trinajstić information content (AvgIpc) is 2.31. The van der Waals surface area contributed by atoms with Gasteiger partial charge in [-0.15, -0.1) is 0 Å². The monoisotopic (exact) mass is 197 g/mol. The van der Waals surface area contributed by atoms with Crippen molar-refractivity contribution in [1.82, 2.24) is 0 Å². The van der Waals surface area contributed by atoms with Crippen molar-refractivity contribution in [1.29, 1.82) is 0 Å². The summed E-state index contributed by atoms with van der Waals surface area (Å²) >= 11 is 0. The highest BCUT2D eigenvalue weighted by Gasteiger charge is 2.24. The normalized spacial score (nSPS) is 23.1. The Labute approximate surface area is 89.5 Å². The lowest BCUT2D eigenvalue weighted by Gasteiger charge is -2.30. The summed E-state index contributed by atoms with van der Waals surface area (Å²) in [7, 11) is 0. The van der Waals surface area contributed by atoms with Gasteiger partial charge in [-0.05, 0) is 17.8 Å². The molecule has 0 aromatic carbocycles. The van der Waals surface area contributed by atoms with Crippen LogP contribution in [0.5, 0.6) is 0 Å². The molecule has 1 nitrogen and oxygen atoms in total. The van der Waals surface area contributed by atoms with Crippen molar-refractivity contribution in [3.63, 3.8) is 0 Å². The second-order valence-corrected chi connectivity index (χ2v) is 6.07. The number of nitrogens with two attached hydrogens (primary N) is 1. The summed E-state index contributed by atoms with van der Waals surface area (Å²) in [5.41, 5.74) is 6.52. The van der Waals surface area contributed by atoms with Crippen LogP contribution in [0.1, 0.15) is 65.7 Å². The topological polar surface area (TPSA) is 26.0 Å². The second-order valence-electron chi connectivity index (χ2n) is 6.07. The Hall–Kier alpha value is -0.0400. The van der Waals surface area contributed by atoms with Gasteiger partial charge in [0.05, 0.1) is 0 Å². The van der Waals surface area contributed by atoms with Crippen LogP contribution < -0.4 is 5.73 Å². The summed E-state index contributed by atoms with van der Waals surface area (Å²) in [6.07, 6.45) is 9.84. The van der Waals surface area contributed by atoms with E-state index in [0.717, 1.165) is 5.92 Å². The maximum Gasteiger partial charge on any atom is 0.00902 e. The van der Waals surface area contributed by atoms with Crippen LogP contribution in [0.3, 0.4) is 0 Å².